The van der Waals surface area contributed by atoms with Crippen molar-refractivity contribution in [3.05, 3.63) is 35.4 Å². The molecule has 0 amide bonds. The third-order valence-corrected chi connectivity index (χ3v) is 4.39. The van der Waals surface area contributed by atoms with Gasteiger partial charge in [-0.25, -0.2) is 0 Å². The first-order valence-electron chi connectivity index (χ1n) is 9.31. The first-order valence-corrected chi connectivity index (χ1v) is 9.31. The third kappa shape index (κ3) is 9.07. The minimum atomic E-state index is -0.683. The van der Waals surface area contributed by atoms with Gasteiger partial charge in [-0.2, -0.15) is 0 Å². The standard InChI is InChI=1S/C21H35NO2/c1-17(16-22-14-8-6-5-7-9-20(23)24)15-18-10-12-19(13-11-18)21(2,3)4/h10-13,17,22H,5-9,14-16H2,1-4H3,(H,23,24). The predicted octanol–water partition coefficient (Wildman–Crippen LogP) is 4.79. The summed E-state index contributed by atoms with van der Waals surface area (Å²) >= 11 is 0. The second kappa shape index (κ2) is 10.5. The second-order valence-electron chi connectivity index (χ2n) is 8.02. The molecule has 3 nitrogen and oxygen atoms in total. The van der Waals surface area contributed by atoms with Crippen LogP contribution in [0.15, 0.2) is 24.3 Å². The highest BCUT2D eigenvalue weighted by molar-refractivity contribution is 5.66. The normalized spacial score (nSPS) is 13.0. The van der Waals surface area contributed by atoms with Gasteiger partial charge >= 0.3 is 5.97 Å². The fourth-order valence-electron chi connectivity index (χ4n) is 2.84. The van der Waals surface area contributed by atoms with Crippen molar-refractivity contribution in [2.45, 2.75) is 71.6 Å². The van der Waals surface area contributed by atoms with Crippen LogP contribution in [0, 0.1) is 5.92 Å². The number of rotatable bonds is 11. The Labute approximate surface area is 147 Å². The number of carboxylic acids is 1. The smallest absolute Gasteiger partial charge is 0.303 e. The van der Waals surface area contributed by atoms with E-state index in [0.29, 0.717) is 12.3 Å². The van der Waals surface area contributed by atoms with Crippen molar-refractivity contribution in [2.75, 3.05) is 13.1 Å². The zero-order valence-corrected chi connectivity index (χ0v) is 15.9. The molecule has 0 saturated carbocycles. The van der Waals surface area contributed by atoms with Crippen molar-refractivity contribution in [3.8, 4) is 0 Å². The zero-order valence-electron chi connectivity index (χ0n) is 15.9. The topological polar surface area (TPSA) is 49.3 Å². The minimum Gasteiger partial charge on any atom is -0.481 e. The summed E-state index contributed by atoms with van der Waals surface area (Å²) in [5, 5.41) is 12.1. The molecule has 0 aliphatic heterocycles. The highest BCUT2D eigenvalue weighted by Gasteiger charge is 2.13. The van der Waals surface area contributed by atoms with Crippen molar-refractivity contribution >= 4 is 5.97 Å². The Morgan fingerprint density at radius 1 is 1.08 bits per heavy atom. The van der Waals surface area contributed by atoms with Gasteiger partial charge < -0.3 is 10.4 Å². The summed E-state index contributed by atoms with van der Waals surface area (Å²) in [6.07, 6.45) is 5.48. The Bertz CT molecular complexity index is 474. The minimum absolute atomic E-state index is 0.218. The highest BCUT2D eigenvalue weighted by atomic mass is 16.4. The van der Waals surface area contributed by atoms with E-state index in [2.05, 4.69) is 57.3 Å². The maximum atomic E-state index is 10.4. The van der Waals surface area contributed by atoms with Gasteiger partial charge in [-0.3, -0.25) is 4.79 Å². The Kier molecular flexibility index (Phi) is 9.05. The van der Waals surface area contributed by atoms with Gasteiger partial charge in [-0.15, -0.1) is 0 Å². The van der Waals surface area contributed by atoms with Crippen LogP contribution < -0.4 is 5.32 Å². The maximum absolute atomic E-state index is 10.4. The molecule has 1 unspecified atom stereocenters. The highest BCUT2D eigenvalue weighted by Crippen LogP contribution is 2.22. The summed E-state index contributed by atoms with van der Waals surface area (Å²) in [5.41, 5.74) is 3.02. The molecule has 24 heavy (non-hydrogen) atoms. The quantitative estimate of drug-likeness (QED) is 0.573. The molecular weight excluding hydrogens is 298 g/mol. The fraction of sp³-hybridized carbons (Fsp3) is 0.667. The van der Waals surface area contributed by atoms with E-state index in [9.17, 15) is 4.79 Å². The summed E-state index contributed by atoms with van der Waals surface area (Å²) < 4.78 is 0. The van der Waals surface area contributed by atoms with Crippen molar-refractivity contribution in [2.24, 2.45) is 5.92 Å². The lowest BCUT2D eigenvalue weighted by Crippen LogP contribution is -2.23. The van der Waals surface area contributed by atoms with E-state index in [-0.39, 0.29) is 5.41 Å². The summed E-state index contributed by atoms with van der Waals surface area (Å²) in [4.78, 5) is 10.4. The average molecular weight is 334 g/mol. The molecule has 136 valence electrons. The van der Waals surface area contributed by atoms with Crippen LogP contribution in [0.1, 0.15) is 70.9 Å². The number of carboxylic acid groups (broad SMARTS) is 1. The number of hydrogen-bond donors (Lipinski definition) is 2. The van der Waals surface area contributed by atoms with Gasteiger partial charge in [-0.05, 0) is 54.8 Å². The van der Waals surface area contributed by atoms with Gasteiger partial charge in [0.25, 0.3) is 0 Å². The monoisotopic (exact) mass is 333 g/mol. The molecule has 0 fully saturated rings. The average Bonchev–Trinajstić information content (AvgIpc) is 2.49. The molecule has 0 spiro atoms. The lowest BCUT2D eigenvalue weighted by Gasteiger charge is -2.19. The largest absolute Gasteiger partial charge is 0.481 e. The molecule has 0 radical (unpaired) electrons. The van der Waals surface area contributed by atoms with Gasteiger partial charge in [-0.1, -0.05) is 64.8 Å². The molecule has 2 N–H and O–H groups in total. The van der Waals surface area contributed by atoms with Crippen molar-refractivity contribution in [3.63, 3.8) is 0 Å². The summed E-state index contributed by atoms with van der Waals surface area (Å²) in [5.74, 6) is -0.0602. The van der Waals surface area contributed by atoms with E-state index in [1.807, 2.05) is 0 Å². The van der Waals surface area contributed by atoms with Crippen LogP contribution in [0.4, 0.5) is 0 Å². The van der Waals surface area contributed by atoms with Crippen LogP contribution >= 0.6 is 0 Å². The first-order chi connectivity index (χ1) is 11.3. The van der Waals surface area contributed by atoms with Crippen LogP contribution in [-0.4, -0.2) is 24.2 Å². The third-order valence-electron chi connectivity index (χ3n) is 4.39. The first kappa shape index (κ1) is 20.7. The van der Waals surface area contributed by atoms with Crippen LogP contribution in [0.3, 0.4) is 0 Å². The van der Waals surface area contributed by atoms with Gasteiger partial charge in [0.05, 0.1) is 0 Å². The molecule has 0 bridgehead atoms. The molecular formula is C21H35NO2. The van der Waals surface area contributed by atoms with Crippen LogP contribution in [0.25, 0.3) is 0 Å². The molecule has 1 atom stereocenters. The summed E-state index contributed by atoms with van der Waals surface area (Å²) in [7, 11) is 0. The molecule has 0 aliphatic rings. The van der Waals surface area contributed by atoms with E-state index in [1.165, 1.54) is 11.1 Å². The van der Waals surface area contributed by atoms with Crippen LogP contribution in [0.2, 0.25) is 0 Å². The molecule has 0 aliphatic carbocycles. The molecule has 1 rings (SSSR count). The Balaban J connectivity index is 2.13. The number of hydrogen-bond acceptors (Lipinski definition) is 2. The maximum Gasteiger partial charge on any atom is 0.303 e. The number of nitrogens with one attached hydrogen (secondary N) is 1. The van der Waals surface area contributed by atoms with E-state index >= 15 is 0 Å². The zero-order chi connectivity index (χ0) is 18.0. The molecule has 0 heterocycles. The van der Waals surface area contributed by atoms with E-state index in [4.69, 9.17) is 5.11 Å². The Hall–Kier alpha value is -1.35. The van der Waals surface area contributed by atoms with Crippen molar-refractivity contribution in [1.29, 1.82) is 0 Å². The van der Waals surface area contributed by atoms with Crippen molar-refractivity contribution < 1.29 is 9.90 Å². The summed E-state index contributed by atoms with van der Waals surface area (Å²) in [6.45, 7) is 11.1. The van der Waals surface area contributed by atoms with Crippen molar-refractivity contribution in [1.82, 2.24) is 5.32 Å². The number of carbonyl (C=O) groups is 1. The second-order valence-corrected chi connectivity index (χ2v) is 8.02. The van der Waals surface area contributed by atoms with E-state index in [1.54, 1.807) is 0 Å². The molecule has 1 aromatic carbocycles. The predicted molar refractivity (Wildman–Crippen MR) is 102 cm³/mol. The SMILES string of the molecule is CC(CNCCCCCCC(=O)O)Cc1ccc(C(C)(C)C)cc1. The Morgan fingerprint density at radius 3 is 2.29 bits per heavy atom. The summed E-state index contributed by atoms with van der Waals surface area (Å²) in [6, 6.07) is 9.04. The van der Waals surface area contributed by atoms with Gasteiger partial charge in [0.2, 0.25) is 0 Å². The molecule has 1 aromatic rings. The number of benzene rings is 1. The van der Waals surface area contributed by atoms with E-state index < -0.39 is 5.97 Å². The molecule has 0 saturated heterocycles. The van der Waals surface area contributed by atoms with Gasteiger partial charge in [0, 0.05) is 6.42 Å². The molecule has 0 aromatic heterocycles. The fourth-order valence-corrected chi connectivity index (χ4v) is 2.84. The van der Waals surface area contributed by atoms with E-state index in [0.717, 1.165) is 45.2 Å². The van der Waals surface area contributed by atoms with Gasteiger partial charge in [0.15, 0.2) is 0 Å². The number of unbranched alkanes of at least 4 members (excludes halogenated alkanes) is 3. The number of aliphatic carboxylic acids is 1. The van der Waals surface area contributed by atoms with Crippen LogP contribution in [-0.2, 0) is 16.6 Å². The van der Waals surface area contributed by atoms with Crippen LogP contribution in [0.5, 0.6) is 0 Å². The van der Waals surface area contributed by atoms with Gasteiger partial charge in [0.1, 0.15) is 0 Å². The Morgan fingerprint density at radius 2 is 1.71 bits per heavy atom. The molecule has 3 heteroatoms. The lowest BCUT2D eigenvalue weighted by molar-refractivity contribution is -0.137. The lowest BCUT2D eigenvalue weighted by atomic mass is 9.86.